The fourth-order valence-corrected chi connectivity index (χ4v) is 1.46. The first-order valence-electron chi connectivity index (χ1n) is 4.17. The van der Waals surface area contributed by atoms with E-state index in [9.17, 15) is 0 Å². The zero-order valence-electron chi connectivity index (χ0n) is 7.66. The summed E-state index contributed by atoms with van der Waals surface area (Å²) in [5, 5.41) is 0. The molecular formula is C11H13BrO. The van der Waals surface area contributed by atoms with Crippen LogP contribution in [0.15, 0.2) is 41.4 Å². The van der Waals surface area contributed by atoms with E-state index in [0.29, 0.717) is 0 Å². The zero-order chi connectivity index (χ0) is 9.68. The third kappa shape index (κ3) is 2.98. The van der Waals surface area contributed by atoms with Gasteiger partial charge in [-0.1, -0.05) is 34.1 Å². The number of rotatable bonds is 4. The van der Waals surface area contributed by atoms with Crippen LogP contribution in [0.4, 0.5) is 0 Å². The number of methoxy groups -OCH3 is 1. The molecule has 0 saturated heterocycles. The van der Waals surface area contributed by atoms with Gasteiger partial charge in [0.25, 0.3) is 0 Å². The van der Waals surface area contributed by atoms with Crippen molar-refractivity contribution in [3.8, 4) is 0 Å². The molecule has 0 aliphatic rings. The lowest BCUT2D eigenvalue weighted by molar-refractivity contribution is 0.106. The maximum atomic E-state index is 5.33. The molecule has 1 aromatic carbocycles. The van der Waals surface area contributed by atoms with E-state index in [0.717, 1.165) is 10.9 Å². The molecule has 0 saturated carbocycles. The molecule has 1 nitrogen and oxygen atoms in total. The van der Waals surface area contributed by atoms with Crippen molar-refractivity contribution < 1.29 is 4.74 Å². The molecule has 1 rings (SSSR count). The molecule has 1 atom stereocenters. The lowest BCUT2D eigenvalue weighted by Gasteiger charge is -2.13. The van der Waals surface area contributed by atoms with E-state index in [1.54, 1.807) is 7.11 Å². The maximum Gasteiger partial charge on any atom is 0.0855 e. The minimum Gasteiger partial charge on any atom is -0.376 e. The molecule has 0 unspecified atom stereocenters. The smallest absolute Gasteiger partial charge is 0.0855 e. The van der Waals surface area contributed by atoms with Crippen LogP contribution >= 0.6 is 15.9 Å². The monoisotopic (exact) mass is 240 g/mol. The number of benzene rings is 1. The van der Waals surface area contributed by atoms with Crippen LogP contribution in [0.3, 0.4) is 0 Å². The molecule has 0 aliphatic heterocycles. The van der Waals surface area contributed by atoms with Crippen LogP contribution in [0, 0.1) is 0 Å². The van der Waals surface area contributed by atoms with Gasteiger partial charge in [-0.25, -0.2) is 0 Å². The molecule has 0 spiro atoms. The summed E-state index contributed by atoms with van der Waals surface area (Å²) < 4.78 is 6.42. The van der Waals surface area contributed by atoms with Crippen molar-refractivity contribution in [2.24, 2.45) is 0 Å². The molecule has 0 aromatic heterocycles. The van der Waals surface area contributed by atoms with Crippen LogP contribution in [-0.4, -0.2) is 7.11 Å². The van der Waals surface area contributed by atoms with E-state index in [-0.39, 0.29) is 6.10 Å². The van der Waals surface area contributed by atoms with Crippen molar-refractivity contribution in [1.29, 1.82) is 0 Å². The van der Waals surface area contributed by atoms with Crippen molar-refractivity contribution in [1.82, 2.24) is 0 Å². The van der Waals surface area contributed by atoms with Gasteiger partial charge in [0.1, 0.15) is 0 Å². The largest absolute Gasteiger partial charge is 0.376 e. The van der Waals surface area contributed by atoms with Gasteiger partial charge >= 0.3 is 0 Å². The van der Waals surface area contributed by atoms with E-state index in [2.05, 4.69) is 34.6 Å². The fraction of sp³-hybridized carbons (Fsp3) is 0.273. The summed E-state index contributed by atoms with van der Waals surface area (Å²) in [7, 11) is 1.72. The summed E-state index contributed by atoms with van der Waals surface area (Å²) in [6.07, 6.45) is 2.85. The Balaban J connectivity index is 2.78. The molecule has 13 heavy (non-hydrogen) atoms. The Labute approximate surface area is 87.5 Å². The van der Waals surface area contributed by atoms with Gasteiger partial charge in [0, 0.05) is 11.6 Å². The van der Waals surface area contributed by atoms with Crippen LogP contribution < -0.4 is 0 Å². The average molecular weight is 241 g/mol. The Bertz CT molecular complexity index is 266. The molecule has 0 amide bonds. The lowest BCUT2D eigenvalue weighted by atomic mass is 10.1. The van der Waals surface area contributed by atoms with Gasteiger partial charge in [0.2, 0.25) is 0 Å². The molecule has 0 N–H and O–H groups in total. The Morgan fingerprint density at radius 3 is 2.54 bits per heavy atom. The predicted octanol–water partition coefficient (Wildman–Crippen LogP) is 3.71. The minimum atomic E-state index is 0.130. The Kier molecular flexibility index (Phi) is 4.19. The van der Waals surface area contributed by atoms with E-state index in [1.165, 1.54) is 5.56 Å². The second kappa shape index (κ2) is 5.20. The van der Waals surface area contributed by atoms with Crippen LogP contribution in [0.1, 0.15) is 18.1 Å². The third-order valence-corrected chi connectivity index (χ3v) is 2.44. The third-order valence-electron chi connectivity index (χ3n) is 1.91. The number of hydrogen-bond acceptors (Lipinski definition) is 1. The molecule has 70 valence electrons. The van der Waals surface area contributed by atoms with Crippen LogP contribution in [0.2, 0.25) is 0 Å². The normalized spacial score (nSPS) is 12.5. The van der Waals surface area contributed by atoms with E-state index < -0.39 is 0 Å². The van der Waals surface area contributed by atoms with Crippen molar-refractivity contribution >= 4 is 15.9 Å². The highest BCUT2D eigenvalue weighted by atomic mass is 79.9. The fourth-order valence-electron chi connectivity index (χ4n) is 1.20. The summed E-state index contributed by atoms with van der Waals surface area (Å²) in [6.45, 7) is 3.70. The van der Waals surface area contributed by atoms with Gasteiger partial charge in [-0.05, 0) is 24.1 Å². The van der Waals surface area contributed by atoms with Gasteiger partial charge in [-0.3, -0.25) is 0 Å². The molecule has 2 heteroatoms. The lowest BCUT2D eigenvalue weighted by Crippen LogP contribution is -1.99. The molecule has 0 aliphatic carbocycles. The molecule has 1 aromatic rings. The number of ether oxygens (including phenoxy) is 1. The summed E-state index contributed by atoms with van der Waals surface area (Å²) in [6, 6.07) is 8.15. The van der Waals surface area contributed by atoms with Gasteiger partial charge in [0.15, 0.2) is 0 Å². The van der Waals surface area contributed by atoms with Crippen molar-refractivity contribution in [2.75, 3.05) is 7.11 Å². The first-order chi connectivity index (χ1) is 6.27. The molecule has 0 fully saturated rings. The Morgan fingerprint density at radius 2 is 2.08 bits per heavy atom. The first kappa shape index (κ1) is 10.5. The highest BCUT2D eigenvalue weighted by Crippen LogP contribution is 2.22. The van der Waals surface area contributed by atoms with Gasteiger partial charge in [-0.2, -0.15) is 0 Å². The number of hydrogen-bond donors (Lipinski definition) is 0. The molecular weight excluding hydrogens is 228 g/mol. The van der Waals surface area contributed by atoms with Crippen molar-refractivity contribution in [3.63, 3.8) is 0 Å². The molecule has 0 radical (unpaired) electrons. The van der Waals surface area contributed by atoms with Crippen molar-refractivity contribution in [2.45, 2.75) is 12.5 Å². The predicted molar refractivity (Wildman–Crippen MR) is 58.7 cm³/mol. The second-order valence-corrected chi connectivity index (χ2v) is 3.72. The van der Waals surface area contributed by atoms with Crippen molar-refractivity contribution in [3.05, 3.63) is 47.0 Å². The highest BCUT2D eigenvalue weighted by Gasteiger charge is 2.07. The Hall–Kier alpha value is -0.600. The average Bonchev–Trinajstić information content (AvgIpc) is 2.16. The second-order valence-electron chi connectivity index (χ2n) is 2.80. The number of halogens is 1. The van der Waals surface area contributed by atoms with Gasteiger partial charge in [-0.15, -0.1) is 6.58 Å². The Morgan fingerprint density at radius 1 is 1.46 bits per heavy atom. The van der Waals surface area contributed by atoms with Crippen LogP contribution in [0.5, 0.6) is 0 Å². The quantitative estimate of drug-likeness (QED) is 0.730. The summed E-state index contributed by atoms with van der Waals surface area (Å²) in [4.78, 5) is 0. The van der Waals surface area contributed by atoms with Gasteiger partial charge in [0.05, 0.1) is 6.10 Å². The zero-order valence-corrected chi connectivity index (χ0v) is 9.25. The van der Waals surface area contributed by atoms with Crippen LogP contribution in [-0.2, 0) is 4.74 Å². The van der Waals surface area contributed by atoms with Gasteiger partial charge < -0.3 is 4.74 Å². The van der Waals surface area contributed by atoms with E-state index >= 15 is 0 Å². The molecule has 0 heterocycles. The molecule has 0 bridgehead atoms. The topological polar surface area (TPSA) is 9.23 Å². The minimum absolute atomic E-state index is 0.130. The van der Waals surface area contributed by atoms with E-state index in [1.807, 2.05) is 18.2 Å². The SMILES string of the molecule is C=CC[C@H](OC)c1ccc(Br)cc1. The first-order valence-corrected chi connectivity index (χ1v) is 4.96. The highest BCUT2D eigenvalue weighted by molar-refractivity contribution is 9.10. The summed E-state index contributed by atoms with van der Waals surface area (Å²) >= 11 is 3.39. The van der Waals surface area contributed by atoms with Crippen LogP contribution in [0.25, 0.3) is 0 Å². The standard InChI is InChI=1S/C11H13BrO/c1-3-4-11(13-2)9-5-7-10(12)8-6-9/h3,5-8,11H,1,4H2,2H3/t11-/m0/s1. The summed E-state index contributed by atoms with van der Waals surface area (Å²) in [5.41, 5.74) is 1.19. The summed E-state index contributed by atoms with van der Waals surface area (Å²) in [5.74, 6) is 0. The maximum absolute atomic E-state index is 5.33. The van der Waals surface area contributed by atoms with E-state index in [4.69, 9.17) is 4.74 Å².